The molecule has 0 heterocycles. The second kappa shape index (κ2) is 5.24. The molecule has 0 saturated carbocycles. The molecule has 0 spiro atoms. The Labute approximate surface area is 62.8 Å². The summed E-state index contributed by atoms with van der Waals surface area (Å²) in [6.45, 7) is 3.71. The molecular formula is C9H16O. The first-order valence-electron chi connectivity index (χ1n) is 3.72. The van der Waals surface area contributed by atoms with Crippen molar-refractivity contribution in [2.24, 2.45) is 0 Å². The molecule has 0 amide bonds. The maximum Gasteiger partial charge on any atom is -0.0142 e. The van der Waals surface area contributed by atoms with E-state index in [0.29, 0.717) is 0 Å². The SMILES string of the molecule is C=CCC1=CCCCC1.O. The van der Waals surface area contributed by atoms with Gasteiger partial charge in [-0.15, -0.1) is 6.58 Å². The maximum atomic E-state index is 3.71. The van der Waals surface area contributed by atoms with Gasteiger partial charge in [-0.1, -0.05) is 17.7 Å². The van der Waals surface area contributed by atoms with Gasteiger partial charge in [0, 0.05) is 0 Å². The monoisotopic (exact) mass is 140 g/mol. The molecular weight excluding hydrogens is 124 g/mol. The highest BCUT2D eigenvalue weighted by molar-refractivity contribution is 5.08. The van der Waals surface area contributed by atoms with Crippen molar-refractivity contribution in [2.45, 2.75) is 32.1 Å². The van der Waals surface area contributed by atoms with Gasteiger partial charge in [-0.3, -0.25) is 0 Å². The topological polar surface area (TPSA) is 31.5 Å². The van der Waals surface area contributed by atoms with E-state index in [0.717, 1.165) is 6.42 Å². The van der Waals surface area contributed by atoms with E-state index in [9.17, 15) is 0 Å². The molecule has 0 fully saturated rings. The Hall–Kier alpha value is -0.560. The highest BCUT2D eigenvalue weighted by Gasteiger charge is 1.99. The number of hydrogen-bond acceptors (Lipinski definition) is 0. The largest absolute Gasteiger partial charge is 0.412 e. The van der Waals surface area contributed by atoms with Crippen molar-refractivity contribution in [2.75, 3.05) is 0 Å². The van der Waals surface area contributed by atoms with Crippen LogP contribution in [0.1, 0.15) is 32.1 Å². The molecule has 58 valence electrons. The fourth-order valence-electron chi connectivity index (χ4n) is 1.28. The molecule has 0 unspecified atom stereocenters. The quantitative estimate of drug-likeness (QED) is 0.527. The van der Waals surface area contributed by atoms with Gasteiger partial charge in [0.1, 0.15) is 0 Å². The molecule has 1 rings (SSSR count). The molecule has 0 aromatic carbocycles. The van der Waals surface area contributed by atoms with Gasteiger partial charge in [0.15, 0.2) is 0 Å². The molecule has 0 saturated heterocycles. The van der Waals surface area contributed by atoms with E-state index >= 15 is 0 Å². The van der Waals surface area contributed by atoms with Crippen molar-refractivity contribution >= 4 is 0 Å². The average molecular weight is 140 g/mol. The molecule has 0 atom stereocenters. The Morgan fingerprint density at radius 2 is 2.30 bits per heavy atom. The van der Waals surface area contributed by atoms with Crippen molar-refractivity contribution in [3.63, 3.8) is 0 Å². The van der Waals surface area contributed by atoms with E-state index in [4.69, 9.17) is 0 Å². The second-order valence-electron chi connectivity index (χ2n) is 2.60. The molecule has 1 heteroatoms. The third-order valence-electron chi connectivity index (χ3n) is 1.79. The second-order valence-corrected chi connectivity index (χ2v) is 2.60. The standard InChI is InChI=1S/C9H14.H2O/c1-2-6-9-7-4-3-5-8-9;/h2,7H,1,3-6,8H2;1H2. The van der Waals surface area contributed by atoms with Gasteiger partial charge in [-0.05, 0) is 32.1 Å². The van der Waals surface area contributed by atoms with Gasteiger partial charge in [-0.2, -0.15) is 0 Å². The van der Waals surface area contributed by atoms with Gasteiger partial charge >= 0.3 is 0 Å². The lowest BCUT2D eigenvalue weighted by Gasteiger charge is -2.09. The summed E-state index contributed by atoms with van der Waals surface area (Å²) in [6, 6.07) is 0. The molecule has 1 aliphatic carbocycles. The van der Waals surface area contributed by atoms with E-state index in [2.05, 4.69) is 12.7 Å². The van der Waals surface area contributed by atoms with Crippen LogP contribution in [-0.4, -0.2) is 5.48 Å². The lowest BCUT2D eigenvalue weighted by atomic mass is 9.97. The number of rotatable bonds is 2. The van der Waals surface area contributed by atoms with Crippen LogP contribution in [0.25, 0.3) is 0 Å². The Balaban J connectivity index is 0.000000810. The summed E-state index contributed by atoms with van der Waals surface area (Å²) in [5.74, 6) is 0. The van der Waals surface area contributed by atoms with Crippen LogP contribution in [0.4, 0.5) is 0 Å². The zero-order valence-corrected chi connectivity index (χ0v) is 6.40. The molecule has 0 bridgehead atoms. The van der Waals surface area contributed by atoms with Crippen LogP contribution in [0.15, 0.2) is 24.3 Å². The van der Waals surface area contributed by atoms with Crippen molar-refractivity contribution in [1.29, 1.82) is 0 Å². The van der Waals surface area contributed by atoms with Gasteiger partial charge in [-0.25, -0.2) is 0 Å². The van der Waals surface area contributed by atoms with Crippen LogP contribution in [0, 0.1) is 0 Å². The van der Waals surface area contributed by atoms with Crippen LogP contribution in [0.5, 0.6) is 0 Å². The van der Waals surface area contributed by atoms with Gasteiger partial charge in [0.05, 0.1) is 0 Å². The summed E-state index contributed by atoms with van der Waals surface area (Å²) in [6.07, 6.45) is 10.9. The Kier molecular flexibility index (Phi) is 4.95. The first-order chi connectivity index (χ1) is 4.43. The smallest absolute Gasteiger partial charge is 0.0142 e. The fourth-order valence-corrected chi connectivity index (χ4v) is 1.28. The molecule has 0 aromatic rings. The molecule has 0 aromatic heterocycles. The Bertz CT molecular complexity index is 125. The normalized spacial score (nSPS) is 17.0. The first-order valence-corrected chi connectivity index (χ1v) is 3.72. The van der Waals surface area contributed by atoms with Gasteiger partial charge in [0.2, 0.25) is 0 Å². The van der Waals surface area contributed by atoms with Crippen molar-refractivity contribution < 1.29 is 5.48 Å². The summed E-state index contributed by atoms with van der Waals surface area (Å²) in [7, 11) is 0. The molecule has 2 N–H and O–H groups in total. The van der Waals surface area contributed by atoms with Crippen LogP contribution in [0.2, 0.25) is 0 Å². The number of allylic oxidation sites excluding steroid dienone is 3. The molecule has 0 aliphatic heterocycles. The predicted octanol–water partition coefficient (Wildman–Crippen LogP) is 2.24. The summed E-state index contributed by atoms with van der Waals surface area (Å²) < 4.78 is 0. The van der Waals surface area contributed by atoms with Crippen LogP contribution >= 0.6 is 0 Å². The molecule has 10 heavy (non-hydrogen) atoms. The van der Waals surface area contributed by atoms with E-state index in [1.165, 1.54) is 25.7 Å². The molecule has 1 nitrogen and oxygen atoms in total. The highest BCUT2D eigenvalue weighted by atomic mass is 16.0. The minimum atomic E-state index is 0. The summed E-state index contributed by atoms with van der Waals surface area (Å²) >= 11 is 0. The highest BCUT2D eigenvalue weighted by Crippen LogP contribution is 2.19. The minimum absolute atomic E-state index is 0. The average Bonchev–Trinajstić information content (AvgIpc) is 1.91. The zero-order valence-electron chi connectivity index (χ0n) is 6.40. The lowest BCUT2D eigenvalue weighted by molar-refractivity contribution is 0.691. The third kappa shape index (κ3) is 2.83. The Morgan fingerprint density at radius 3 is 2.80 bits per heavy atom. The predicted molar refractivity (Wildman–Crippen MR) is 45.0 cm³/mol. The van der Waals surface area contributed by atoms with Crippen molar-refractivity contribution in [3.05, 3.63) is 24.3 Å². The van der Waals surface area contributed by atoms with Crippen molar-refractivity contribution in [3.8, 4) is 0 Å². The third-order valence-corrected chi connectivity index (χ3v) is 1.79. The summed E-state index contributed by atoms with van der Waals surface area (Å²) in [4.78, 5) is 0. The van der Waals surface area contributed by atoms with E-state index in [1.807, 2.05) is 6.08 Å². The molecule has 1 aliphatic rings. The number of hydrogen-bond donors (Lipinski definition) is 0. The maximum absolute atomic E-state index is 3.71. The summed E-state index contributed by atoms with van der Waals surface area (Å²) in [5, 5.41) is 0. The zero-order chi connectivity index (χ0) is 6.53. The summed E-state index contributed by atoms with van der Waals surface area (Å²) in [5.41, 5.74) is 1.59. The van der Waals surface area contributed by atoms with E-state index in [1.54, 1.807) is 5.57 Å². The van der Waals surface area contributed by atoms with Crippen LogP contribution < -0.4 is 0 Å². The Morgan fingerprint density at radius 1 is 1.50 bits per heavy atom. The minimum Gasteiger partial charge on any atom is -0.412 e. The van der Waals surface area contributed by atoms with Crippen LogP contribution in [-0.2, 0) is 0 Å². The van der Waals surface area contributed by atoms with Crippen LogP contribution in [0.3, 0.4) is 0 Å². The van der Waals surface area contributed by atoms with Gasteiger partial charge < -0.3 is 5.48 Å². The van der Waals surface area contributed by atoms with Crippen molar-refractivity contribution in [1.82, 2.24) is 0 Å². The lowest BCUT2D eigenvalue weighted by Crippen LogP contribution is -1.89. The first kappa shape index (κ1) is 9.44. The van der Waals surface area contributed by atoms with E-state index in [-0.39, 0.29) is 5.48 Å². The fraction of sp³-hybridized carbons (Fsp3) is 0.556. The van der Waals surface area contributed by atoms with Gasteiger partial charge in [0.25, 0.3) is 0 Å². The van der Waals surface area contributed by atoms with E-state index < -0.39 is 0 Å². The molecule has 0 radical (unpaired) electrons.